The van der Waals surface area contributed by atoms with Crippen LogP contribution in [0.2, 0.25) is 0 Å². The van der Waals surface area contributed by atoms with Crippen LogP contribution in [0, 0.1) is 5.82 Å². The fourth-order valence-electron chi connectivity index (χ4n) is 3.72. The van der Waals surface area contributed by atoms with E-state index >= 15 is 0 Å². The van der Waals surface area contributed by atoms with Gasteiger partial charge in [0.25, 0.3) is 11.8 Å². The smallest absolute Gasteiger partial charge is 0.409 e. The molecule has 0 atom stereocenters. The number of amides is 3. The van der Waals surface area contributed by atoms with Crippen molar-refractivity contribution in [2.45, 2.75) is 30.7 Å². The summed E-state index contributed by atoms with van der Waals surface area (Å²) in [5, 5.41) is 5.79. The third-order valence-electron chi connectivity index (χ3n) is 5.48. The van der Waals surface area contributed by atoms with Gasteiger partial charge in [-0.15, -0.1) is 0 Å². The number of halogens is 1. The zero-order valence-corrected chi connectivity index (χ0v) is 18.9. The standard InChI is InChI=1S/C24H24FN3O4S/c1-2-32-24(31)28-11-9-17(10-12-28)26-22(29)16-7-8-20-19(13-16)27-23(30)21(33-20)14-15-5-3-4-6-18(15)25/h3-8,13-14,17H,2,9-12H2,1H3,(H,26,29)(H,27,30)/b21-14+. The summed E-state index contributed by atoms with van der Waals surface area (Å²) >= 11 is 1.23. The maximum absolute atomic E-state index is 13.9. The van der Waals surface area contributed by atoms with Crippen molar-refractivity contribution >= 4 is 41.4 Å². The highest BCUT2D eigenvalue weighted by Crippen LogP contribution is 2.39. The molecule has 2 aliphatic rings. The summed E-state index contributed by atoms with van der Waals surface area (Å²) in [4.78, 5) is 39.9. The van der Waals surface area contributed by atoms with Crippen LogP contribution in [0.4, 0.5) is 14.9 Å². The molecule has 4 rings (SSSR count). The molecule has 2 aromatic rings. The minimum atomic E-state index is -0.399. The molecule has 2 aliphatic heterocycles. The number of anilines is 1. The van der Waals surface area contributed by atoms with Crippen molar-refractivity contribution in [3.63, 3.8) is 0 Å². The van der Waals surface area contributed by atoms with E-state index < -0.39 is 5.82 Å². The number of nitrogens with one attached hydrogen (secondary N) is 2. The third-order valence-corrected chi connectivity index (χ3v) is 6.58. The van der Waals surface area contributed by atoms with Gasteiger partial charge < -0.3 is 20.3 Å². The van der Waals surface area contributed by atoms with Crippen LogP contribution < -0.4 is 10.6 Å². The van der Waals surface area contributed by atoms with Crippen LogP contribution in [0.5, 0.6) is 0 Å². The van der Waals surface area contributed by atoms with E-state index in [4.69, 9.17) is 4.74 Å². The normalized spacial score (nSPS) is 17.3. The Labute approximate surface area is 195 Å². The molecule has 0 spiro atoms. The Bertz CT molecular complexity index is 1110. The Balaban J connectivity index is 1.40. The van der Waals surface area contributed by atoms with Crippen molar-refractivity contribution in [3.8, 4) is 0 Å². The Morgan fingerprint density at radius 3 is 2.73 bits per heavy atom. The number of benzene rings is 2. The van der Waals surface area contributed by atoms with Crippen molar-refractivity contribution in [1.29, 1.82) is 0 Å². The SMILES string of the molecule is CCOC(=O)N1CCC(NC(=O)c2ccc3c(c2)NC(=O)/C(=C\c2ccccc2F)S3)CC1. The summed E-state index contributed by atoms with van der Waals surface area (Å²) in [5.41, 5.74) is 1.31. The van der Waals surface area contributed by atoms with Crippen LogP contribution in [-0.2, 0) is 9.53 Å². The van der Waals surface area contributed by atoms with Crippen LogP contribution >= 0.6 is 11.8 Å². The lowest BCUT2D eigenvalue weighted by Gasteiger charge is -2.31. The minimum Gasteiger partial charge on any atom is -0.450 e. The molecule has 0 radical (unpaired) electrons. The maximum atomic E-state index is 13.9. The van der Waals surface area contributed by atoms with E-state index in [1.807, 2.05) is 0 Å². The van der Waals surface area contributed by atoms with Crippen LogP contribution in [0.3, 0.4) is 0 Å². The van der Waals surface area contributed by atoms with Gasteiger partial charge >= 0.3 is 6.09 Å². The summed E-state index contributed by atoms with van der Waals surface area (Å²) in [6, 6.07) is 11.3. The van der Waals surface area contributed by atoms with Crippen molar-refractivity contribution in [1.82, 2.24) is 10.2 Å². The van der Waals surface area contributed by atoms with E-state index in [-0.39, 0.29) is 23.9 Å². The molecule has 2 heterocycles. The van der Waals surface area contributed by atoms with Gasteiger partial charge in [-0.05, 0) is 50.1 Å². The number of carbonyl (C=O) groups excluding carboxylic acids is 3. The highest BCUT2D eigenvalue weighted by atomic mass is 32.2. The minimum absolute atomic E-state index is 0.0431. The lowest BCUT2D eigenvalue weighted by atomic mass is 10.0. The molecule has 9 heteroatoms. The number of carbonyl (C=O) groups is 3. The number of hydrogen-bond donors (Lipinski definition) is 2. The van der Waals surface area contributed by atoms with E-state index in [9.17, 15) is 18.8 Å². The highest BCUT2D eigenvalue weighted by molar-refractivity contribution is 8.04. The molecular weight excluding hydrogens is 445 g/mol. The average Bonchev–Trinajstić information content (AvgIpc) is 2.81. The molecule has 2 N–H and O–H groups in total. The van der Waals surface area contributed by atoms with Gasteiger partial charge in [-0.25, -0.2) is 9.18 Å². The van der Waals surface area contributed by atoms with E-state index in [2.05, 4.69) is 10.6 Å². The predicted molar refractivity (Wildman–Crippen MR) is 124 cm³/mol. The molecule has 33 heavy (non-hydrogen) atoms. The van der Waals surface area contributed by atoms with Gasteiger partial charge in [-0.2, -0.15) is 0 Å². The predicted octanol–water partition coefficient (Wildman–Crippen LogP) is 4.26. The third kappa shape index (κ3) is 5.36. The molecule has 7 nitrogen and oxygen atoms in total. The van der Waals surface area contributed by atoms with Crippen LogP contribution in [0.25, 0.3) is 6.08 Å². The molecular formula is C24H24FN3O4S. The van der Waals surface area contributed by atoms with Gasteiger partial charge in [0, 0.05) is 35.2 Å². The Morgan fingerprint density at radius 1 is 1.24 bits per heavy atom. The van der Waals surface area contributed by atoms with E-state index in [0.717, 1.165) is 4.90 Å². The highest BCUT2D eigenvalue weighted by Gasteiger charge is 2.26. The molecule has 1 fully saturated rings. The lowest BCUT2D eigenvalue weighted by molar-refractivity contribution is -0.112. The van der Waals surface area contributed by atoms with Gasteiger partial charge in [-0.3, -0.25) is 9.59 Å². The average molecular weight is 470 g/mol. The summed E-state index contributed by atoms with van der Waals surface area (Å²) < 4.78 is 19.0. The van der Waals surface area contributed by atoms with Crippen LogP contribution in [-0.4, -0.2) is 48.5 Å². The van der Waals surface area contributed by atoms with Crippen molar-refractivity contribution in [3.05, 3.63) is 64.3 Å². The largest absolute Gasteiger partial charge is 0.450 e. The monoisotopic (exact) mass is 469 g/mol. The zero-order valence-electron chi connectivity index (χ0n) is 18.1. The summed E-state index contributed by atoms with van der Waals surface area (Å²) in [5.74, 6) is -0.983. The first-order chi connectivity index (χ1) is 15.9. The molecule has 0 aliphatic carbocycles. The number of nitrogens with zero attached hydrogens (tertiary/aromatic N) is 1. The quantitative estimate of drug-likeness (QED) is 0.654. The Hall–Kier alpha value is -3.33. The number of piperidine rings is 1. The fourth-order valence-corrected chi connectivity index (χ4v) is 4.65. The molecule has 172 valence electrons. The topological polar surface area (TPSA) is 87.7 Å². The first-order valence-corrected chi connectivity index (χ1v) is 11.6. The second-order valence-electron chi connectivity index (χ2n) is 7.73. The second kappa shape index (κ2) is 10.1. The molecule has 0 saturated carbocycles. The maximum Gasteiger partial charge on any atom is 0.409 e. The van der Waals surface area contributed by atoms with E-state index in [1.165, 1.54) is 23.9 Å². The number of hydrogen-bond acceptors (Lipinski definition) is 5. The van der Waals surface area contributed by atoms with Gasteiger partial charge in [0.1, 0.15) is 5.82 Å². The molecule has 1 saturated heterocycles. The molecule has 3 amide bonds. The molecule has 0 aromatic heterocycles. The van der Waals surface area contributed by atoms with Crippen molar-refractivity contribution in [2.24, 2.45) is 0 Å². The number of thioether (sulfide) groups is 1. The van der Waals surface area contributed by atoms with E-state index in [0.29, 0.717) is 54.3 Å². The van der Waals surface area contributed by atoms with Crippen molar-refractivity contribution < 1.29 is 23.5 Å². The molecule has 0 bridgehead atoms. The Morgan fingerprint density at radius 2 is 2.00 bits per heavy atom. The molecule has 2 aromatic carbocycles. The summed E-state index contributed by atoms with van der Waals surface area (Å²) in [6.07, 6.45) is 2.48. The van der Waals surface area contributed by atoms with Crippen LogP contribution in [0.15, 0.2) is 52.3 Å². The zero-order chi connectivity index (χ0) is 23.4. The lowest BCUT2D eigenvalue weighted by Crippen LogP contribution is -2.46. The van der Waals surface area contributed by atoms with Gasteiger partial charge in [0.2, 0.25) is 0 Å². The number of likely N-dealkylation sites (tertiary alicyclic amines) is 1. The second-order valence-corrected chi connectivity index (χ2v) is 8.81. The Kier molecular flexibility index (Phi) is 6.98. The summed E-state index contributed by atoms with van der Waals surface area (Å²) in [6.45, 7) is 3.16. The van der Waals surface area contributed by atoms with Crippen LogP contribution in [0.1, 0.15) is 35.7 Å². The number of rotatable bonds is 4. The van der Waals surface area contributed by atoms with E-state index in [1.54, 1.807) is 48.2 Å². The first-order valence-electron chi connectivity index (χ1n) is 10.8. The molecule has 0 unspecified atom stereocenters. The van der Waals surface area contributed by atoms with Gasteiger partial charge in [0.15, 0.2) is 0 Å². The van der Waals surface area contributed by atoms with Gasteiger partial charge in [-0.1, -0.05) is 30.0 Å². The van der Waals surface area contributed by atoms with Crippen molar-refractivity contribution in [2.75, 3.05) is 25.0 Å². The first kappa shape index (κ1) is 22.8. The van der Waals surface area contributed by atoms with Gasteiger partial charge in [0.05, 0.1) is 17.2 Å². The summed E-state index contributed by atoms with van der Waals surface area (Å²) in [7, 11) is 0. The number of fused-ring (bicyclic) bond motifs is 1. The number of ether oxygens (including phenoxy) is 1. The fraction of sp³-hybridized carbons (Fsp3) is 0.292.